The summed E-state index contributed by atoms with van der Waals surface area (Å²) in [6, 6.07) is 19.2. The SMILES string of the molecule is N#Cc1ccc2nc(NC(=O)c3cc4ccccc4cc3OCCCCN3CCOCC3)sc2c1. The molecule has 1 saturated heterocycles. The number of morpholine rings is 1. The highest BCUT2D eigenvalue weighted by Gasteiger charge is 2.17. The zero-order chi connectivity index (χ0) is 24.0. The van der Waals surface area contributed by atoms with Crippen LogP contribution in [0.15, 0.2) is 54.6 Å². The number of thiazole rings is 1. The predicted octanol–water partition coefficient (Wildman–Crippen LogP) is 5.06. The van der Waals surface area contributed by atoms with Crippen LogP contribution in [0.4, 0.5) is 5.13 Å². The second kappa shape index (κ2) is 10.8. The normalized spacial score (nSPS) is 14.1. The first-order chi connectivity index (χ1) is 17.2. The van der Waals surface area contributed by atoms with Gasteiger partial charge in [-0.05, 0) is 60.5 Å². The third kappa shape index (κ3) is 5.60. The number of fused-ring (bicyclic) bond motifs is 2. The minimum atomic E-state index is -0.265. The Bertz CT molecular complexity index is 1390. The van der Waals surface area contributed by atoms with E-state index in [9.17, 15) is 4.79 Å². The average Bonchev–Trinajstić information content (AvgIpc) is 3.30. The van der Waals surface area contributed by atoms with E-state index < -0.39 is 0 Å². The van der Waals surface area contributed by atoms with E-state index in [0.717, 1.165) is 66.7 Å². The van der Waals surface area contributed by atoms with Gasteiger partial charge in [0.25, 0.3) is 5.91 Å². The van der Waals surface area contributed by atoms with E-state index in [0.29, 0.717) is 28.6 Å². The number of carbonyl (C=O) groups is 1. The molecule has 3 aromatic carbocycles. The lowest BCUT2D eigenvalue weighted by Gasteiger charge is -2.26. The van der Waals surface area contributed by atoms with Gasteiger partial charge in [-0.3, -0.25) is 15.0 Å². The van der Waals surface area contributed by atoms with Gasteiger partial charge in [-0.2, -0.15) is 5.26 Å². The predicted molar refractivity (Wildman–Crippen MR) is 138 cm³/mol. The molecule has 1 aliphatic heterocycles. The number of carbonyl (C=O) groups excluding carboxylic acids is 1. The van der Waals surface area contributed by atoms with Gasteiger partial charge in [-0.1, -0.05) is 35.6 Å². The Labute approximate surface area is 207 Å². The number of anilines is 1. The van der Waals surface area contributed by atoms with Gasteiger partial charge in [0.2, 0.25) is 0 Å². The Morgan fingerprint density at radius 2 is 1.91 bits per heavy atom. The number of benzene rings is 3. The number of rotatable bonds is 8. The molecule has 1 fully saturated rings. The number of nitrogens with zero attached hydrogens (tertiary/aromatic N) is 3. The number of nitrogens with one attached hydrogen (secondary N) is 1. The highest BCUT2D eigenvalue weighted by Crippen LogP contribution is 2.30. The van der Waals surface area contributed by atoms with Gasteiger partial charge in [-0.15, -0.1) is 0 Å². The molecular formula is C27H26N4O3S. The molecule has 0 spiro atoms. The molecule has 4 aromatic rings. The van der Waals surface area contributed by atoms with Crippen LogP contribution in [0, 0.1) is 11.3 Å². The number of amides is 1. The van der Waals surface area contributed by atoms with Crippen LogP contribution in [0.25, 0.3) is 21.0 Å². The monoisotopic (exact) mass is 486 g/mol. The van der Waals surface area contributed by atoms with Crippen LogP contribution in [-0.4, -0.2) is 55.2 Å². The summed E-state index contributed by atoms with van der Waals surface area (Å²) in [6.45, 7) is 5.16. The lowest BCUT2D eigenvalue weighted by atomic mass is 10.1. The third-order valence-electron chi connectivity index (χ3n) is 6.06. The van der Waals surface area contributed by atoms with Crippen LogP contribution in [0.2, 0.25) is 0 Å². The van der Waals surface area contributed by atoms with E-state index in [4.69, 9.17) is 14.7 Å². The van der Waals surface area contributed by atoms with Gasteiger partial charge in [0, 0.05) is 13.1 Å². The van der Waals surface area contributed by atoms with Gasteiger partial charge < -0.3 is 9.47 Å². The minimum absolute atomic E-state index is 0.265. The largest absolute Gasteiger partial charge is 0.493 e. The van der Waals surface area contributed by atoms with E-state index in [1.54, 1.807) is 18.2 Å². The smallest absolute Gasteiger partial charge is 0.261 e. The molecular weight excluding hydrogens is 460 g/mol. The van der Waals surface area contributed by atoms with Crippen molar-refractivity contribution in [2.24, 2.45) is 0 Å². The third-order valence-corrected chi connectivity index (χ3v) is 6.99. The first kappa shape index (κ1) is 23.2. The molecule has 0 unspecified atom stereocenters. The fourth-order valence-corrected chi connectivity index (χ4v) is 5.07. The summed E-state index contributed by atoms with van der Waals surface area (Å²) >= 11 is 1.35. The van der Waals surface area contributed by atoms with Crippen LogP contribution in [0.1, 0.15) is 28.8 Å². The zero-order valence-electron chi connectivity index (χ0n) is 19.3. The molecule has 7 nitrogen and oxygen atoms in total. The van der Waals surface area contributed by atoms with Gasteiger partial charge >= 0.3 is 0 Å². The fourth-order valence-electron chi connectivity index (χ4n) is 4.17. The van der Waals surface area contributed by atoms with E-state index >= 15 is 0 Å². The highest BCUT2D eigenvalue weighted by molar-refractivity contribution is 7.22. The van der Waals surface area contributed by atoms with Crippen molar-refractivity contribution in [3.05, 3.63) is 65.7 Å². The topological polar surface area (TPSA) is 87.5 Å². The number of hydrogen-bond donors (Lipinski definition) is 1. The second-order valence-corrected chi connectivity index (χ2v) is 9.50. The van der Waals surface area contributed by atoms with Crippen molar-refractivity contribution < 1.29 is 14.3 Å². The summed E-state index contributed by atoms with van der Waals surface area (Å²) in [4.78, 5) is 20.2. The van der Waals surface area contributed by atoms with Crippen molar-refractivity contribution in [1.82, 2.24) is 9.88 Å². The standard InChI is InChI=1S/C27H26N4O3S/c28-18-19-7-8-23-25(15-19)35-27(29-23)30-26(32)22-16-20-5-1-2-6-21(20)17-24(22)34-12-4-3-9-31-10-13-33-14-11-31/h1-2,5-8,15-17H,3-4,9-14H2,(H,29,30,32). The molecule has 178 valence electrons. The molecule has 1 amide bonds. The minimum Gasteiger partial charge on any atom is -0.493 e. The molecule has 1 aromatic heterocycles. The molecule has 0 atom stereocenters. The summed E-state index contributed by atoms with van der Waals surface area (Å²) in [6.07, 6.45) is 1.94. The lowest BCUT2D eigenvalue weighted by molar-refractivity contribution is 0.0368. The van der Waals surface area contributed by atoms with E-state index in [2.05, 4.69) is 21.3 Å². The fraction of sp³-hybridized carbons (Fsp3) is 0.296. The van der Waals surface area contributed by atoms with Crippen LogP contribution >= 0.6 is 11.3 Å². The van der Waals surface area contributed by atoms with Crippen molar-refractivity contribution in [1.29, 1.82) is 5.26 Å². The molecule has 0 bridgehead atoms. The van der Waals surface area contributed by atoms with E-state index in [1.807, 2.05) is 36.4 Å². The van der Waals surface area contributed by atoms with Gasteiger partial charge in [0.15, 0.2) is 5.13 Å². The number of ether oxygens (including phenoxy) is 2. The maximum absolute atomic E-state index is 13.3. The summed E-state index contributed by atoms with van der Waals surface area (Å²) in [5.41, 5.74) is 1.80. The Hall–Kier alpha value is -3.51. The maximum atomic E-state index is 13.3. The van der Waals surface area contributed by atoms with E-state index in [1.165, 1.54) is 11.3 Å². The van der Waals surface area contributed by atoms with Crippen molar-refractivity contribution in [3.63, 3.8) is 0 Å². The number of hydrogen-bond acceptors (Lipinski definition) is 7. The number of nitriles is 1. The Balaban J connectivity index is 1.29. The second-order valence-electron chi connectivity index (χ2n) is 8.47. The van der Waals surface area contributed by atoms with Crippen molar-refractivity contribution in [3.8, 4) is 11.8 Å². The molecule has 8 heteroatoms. The highest BCUT2D eigenvalue weighted by atomic mass is 32.1. The molecule has 0 radical (unpaired) electrons. The average molecular weight is 487 g/mol. The van der Waals surface area contributed by atoms with Crippen LogP contribution in [0.5, 0.6) is 5.75 Å². The molecule has 0 aliphatic carbocycles. The maximum Gasteiger partial charge on any atom is 0.261 e. The molecule has 1 aliphatic rings. The van der Waals surface area contributed by atoms with Gasteiger partial charge in [0.1, 0.15) is 5.75 Å². The zero-order valence-corrected chi connectivity index (χ0v) is 20.1. The molecule has 2 heterocycles. The van der Waals surface area contributed by atoms with E-state index in [-0.39, 0.29) is 5.91 Å². The summed E-state index contributed by atoms with van der Waals surface area (Å²) in [5, 5.41) is 14.5. The number of unbranched alkanes of at least 4 members (excludes halogenated alkanes) is 1. The van der Waals surface area contributed by atoms with Gasteiger partial charge in [-0.25, -0.2) is 4.98 Å². The summed E-state index contributed by atoms with van der Waals surface area (Å²) < 4.78 is 12.4. The van der Waals surface area contributed by atoms with Crippen LogP contribution in [0.3, 0.4) is 0 Å². The molecule has 5 rings (SSSR count). The molecule has 0 saturated carbocycles. The van der Waals surface area contributed by atoms with Gasteiger partial charge in [0.05, 0.1) is 47.2 Å². The first-order valence-corrected chi connectivity index (χ1v) is 12.6. The van der Waals surface area contributed by atoms with Crippen molar-refractivity contribution >= 4 is 43.4 Å². The van der Waals surface area contributed by atoms with Crippen LogP contribution < -0.4 is 10.1 Å². The Morgan fingerprint density at radius 3 is 2.71 bits per heavy atom. The van der Waals surface area contributed by atoms with Crippen molar-refractivity contribution in [2.45, 2.75) is 12.8 Å². The quantitative estimate of drug-likeness (QED) is 0.350. The van der Waals surface area contributed by atoms with Crippen molar-refractivity contribution in [2.75, 3.05) is 44.8 Å². The number of aromatic nitrogens is 1. The van der Waals surface area contributed by atoms with Crippen LogP contribution in [-0.2, 0) is 4.74 Å². The summed E-state index contributed by atoms with van der Waals surface area (Å²) in [5.74, 6) is 0.305. The Morgan fingerprint density at radius 1 is 1.11 bits per heavy atom. The summed E-state index contributed by atoms with van der Waals surface area (Å²) in [7, 11) is 0. The molecule has 35 heavy (non-hydrogen) atoms. The lowest BCUT2D eigenvalue weighted by Crippen LogP contribution is -2.36. The first-order valence-electron chi connectivity index (χ1n) is 11.8. The Kier molecular flexibility index (Phi) is 7.19. The molecule has 1 N–H and O–H groups in total.